The van der Waals surface area contributed by atoms with Gasteiger partial charge >= 0.3 is 0 Å². The highest BCUT2D eigenvalue weighted by Crippen LogP contribution is 2.28. The van der Waals surface area contributed by atoms with E-state index in [0.29, 0.717) is 5.82 Å². The molecular formula is C17H26N4. The number of nitrogens with two attached hydrogens (primary N) is 1. The topological polar surface area (TPSA) is 56.7 Å². The Hall–Kier alpha value is -1.84. The second-order valence-electron chi connectivity index (χ2n) is 6.50. The van der Waals surface area contributed by atoms with Gasteiger partial charge in [-0.05, 0) is 24.0 Å². The molecule has 0 radical (unpaired) electrons. The minimum absolute atomic E-state index is 0.270. The lowest BCUT2D eigenvalue weighted by Crippen LogP contribution is -2.19. The predicted octanol–water partition coefficient (Wildman–Crippen LogP) is 4.13. The van der Waals surface area contributed by atoms with Gasteiger partial charge in [-0.15, -0.1) is 0 Å². The molecular weight excluding hydrogens is 260 g/mol. The minimum Gasteiger partial charge on any atom is -0.384 e. The molecule has 0 fully saturated rings. The van der Waals surface area contributed by atoms with Crippen LogP contribution in [0.2, 0.25) is 0 Å². The van der Waals surface area contributed by atoms with Gasteiger partial charge in [-0.1, -0.05) is 40.0 Å². The van der Waals surface area contributed by atoms with Crippen molar-refractivity contribution < 1.29 is 0 Å². The summed E-state index contributed by atoms with van der Waals surface area (Å²) < 4.78 is 2.22. The van der Waals surface area contributed by atoms with Gasteiger partial charge in [-0.25, -0.2) is 9.97 Å². The number of nitrogens with zero attached hydrogens (tertiary/aromatic N) is 3. The van der Waals surface area contributed by atoms with Crippen molar-refractivity contribution in [2.24, 2.45) is 5.41 Å². The van der Waals surface area contributed by atoms with E-state index in [-0.39, 0.29) is 5.41 Å². The van der Waals surface area contributed by atoms with Gasteiger partial charge in [0.1, 0.15) is 5.82 Å². The maximum atomic E-state index is 5.65. The van der Waals surface area contributed by atoms with E-state index in [1.54, 1.807) is 0 Å². The van der Waals surface area contributed by atoms with E-state index >= 15 is 0 Å². The Kier molecular flexibility index (Phi) is 4.99. The lowest BCUT2D eigenvalue weighted by atomic mass is 9.86. The molecule has 0 atom stereocenters. The molecule has 2 aromatic rings. The van der Waals surface area contributed by atoms with Crippen LogP contribution in [-0.4, -0.2) is 14.5 Å². The summed E-state index contributed by atoms with van der Waals surface area (Å²) in [5.41, 5.74) is 8.09. The second kappa shape index (κ2) is 6.74. The molecule has 0 aliphatic carbocycles. The Balaban J connectivity index is 2.11. The third-order valence-electron chi connectivity index (χ3n) is 3.85. The highest BCUT2D eigenvalue weighted by atomic mass is 15.1. The molecule has 4 nitrogen and oxygen atoms in total. The molecule has 2 N–H and O–H groups in total. The summed E-state index contributed by atoms with van der Waals surface area (Å²) in [6.07, 6.45) is 10.7. The number of pyridine rings is 1. The maximum absolute atomic E-state index is 5.65. The van der Waals surface area contributed by atoms with Crippen molar-refractivity contribution >= 4 is 5.82 Å². The molecule has 0 aliphatic rings. The van der Waals surface area contributed by atoms with Crippen LogP contribution in [-0.2, 0) is 6.54 Å². The van der Waals surface area contributed by atoms with E-state index in [1.807, 2.05) is 30.9 Å². The van der Waals surface area contributed by atoms with E-state index in [1.165, 1.54) is 25.7 Å². The third kappa shape index (κ3) is 4.31. The van der Waals surface area contributed by atoms with Crippen LogP contribution < -0.4 is 5.73 Å². The van der Waals surface area contributed by atoms with Crippen molar-refractivity contribution in [3.63, 3.8) is 0 Å². The summed E-state index contributed by atoms with van der Waals surface area (Å²) in [7, 11) is 0. The molecule has 114 valence electrons. The molecule has 2 rings (SSSR count). The van der Waals surface area contributed by atoms with E-state index in [4.69, 9.17) is 5.73 Å². The van der Waals surface area contributed by atoms with E-state index in [0.717, 1.165) is 17.8 Å². The summed E-state index contributed by atoms with van der Waals surface area (Å²) in [4.78, 5) is 8.48. The maximum Gasteiger partial charge on any atom is 0.123 e. The highest BCUT2D eigenvalue weighted by molar-refractivity contribution is 5.59. The molecule has 0 unspecified atom stereocenters. The van der Waals surface area contributed by atoms with Crippen molar-refractivity contribution in [3.8, 4) is 11.3 Å². The number of nitrogen functional groups attached to an aromatic ring is 1. The molecule has 0 aromatic carbocycles. The SMILES string of the molecule is CCCCCC(C)(C)Cn1cncc1-c1ccc(N)nc1. The Morgan fingerprint density at radius 1 is 1.19 bits per heavy atom. The average Bonchev–Trinajstić information content (AvgIpc) is 2.87. The third-order valence-corrected chi connectivity index (χ3v) is 3.85. The Morgan fingerprint density at radius 2 is 2.00 bits per heavy atom. The van der Waals surface area contributed by atoms with Gasteiger partial charge in [0.2, 0.25) is 0 Å². The van der Waals surface area contributed by atoms with Crippen LogP contribution in [0.25, 0.3) is 11.3 Å². The molecule has 2 heterocycles. The van der Waals surface area contributed by atoms with Crippen LogP contribution in [0.4, 0.5) is 5.82 Å². The quantitative estimate of drug-likeness (QED) is 0.778. The molecule has 0 amide bonds. The number of unbranched alkanes of at least 4 members (excludes halogenated alkanes) is 2. The Labute approximate surface area is 127 Å². The minimum atomic E-state index is 0.270. The average molecular weight is 286 g/mol. The van der Waals surface area contributed by atoms with E-state index < -0.39 is 0 Å². The van der Waals surface area contributed by atoms with Gasteiger partial charge in [-0.3, -0.25) is 0 Å². The molecule has 0 saturated heterocycles. The summed E-state index contributed by atoms with van der Waals surface area (Å²) in [6, 6.07) is 3.83. The summed E-state index contributed by atoms with van der Waals surface area (Å²) >= 11 is 0. The lowest BCUT2D eigenvalue weighted by molar-refractivity contribution is 0.272. The fourth-order valence-corrected chi connectivity index (χ4v) is 2.64. The van der Waals surface area contributed by atoms with Gasteiger partial charge in [0.15, 0.2) is 0 Å². The number of aromatic nitrogens is 3. The zero-order valence-electron chi connectivity index (χ0n) is 13.3. The summed E-state index contributed by atoms with van der Waals surface area (Å²) in [5, 5.41) is 0. The van der Waals surface area contributed by atoms with Gasteiger partial charge in [0.05, 0.1) is 18.2 Å². The smallest absolute Gasteiger partial charge is 0.123 e. The first kappa shape index (κ1) is 15.5. The van der Waals surface area contributed by atoms with Gasteiger partial charge in [0.25, 0.3) is 0 Å². The number of imidazole rings is 1. The van der Waals surface area contributed by atoms with Gasteiger partial charge < -0.3 is 10.3 Å². The standard InChI is InChI=1S/C17H26N4/c1-4-5-6-9-17(2,3)12-21-13-19-11-15(21)14-7-8-16(18)20-10-14/h7-8,10-11,13H,4-6,9,12H2,1-3H3,(H2,18,20). The molecule has 21 heavy (non-hydrogen) atoms. The first-order chi connectivity index (χ1) is 10.0. The molecule has 4 heteroatoms. The lowest BCUT2D eigenvalue weighted by Gasteiger charge is -2.26. The largest absolute Gasteiger partial charge is 0.384 e. The molecule has 0 spiro atoms. The monoisotopic (exact) mass is 286 g/mol. The molecule has 0 aliphatic heterocycles. The van der Waals surface area contributed by atoms with Crippen molar-refractivity contribution in [1.29, 1.82) is 0 Å². The summed E-state index contributed by atoms with van der Waals surface area (Å²) in [5.74, 6) is 0.546. The summed E-state index contributed by atoms with van der Waals surface area (Å²) in [6.45, 7) is 7.87. The number of rotatable bonds is 7. The Bertz CT molecular complexity index is 554. The fourth-order valence-electron chi connectivity index (χ4n) is 2.64. The van der Waals surface area contributed by atoms with E-state index in [2.05, 4.69) is 35.3 Å². The fraction of sp³-hybridized carbons (Fsp3) is 0.529. The number of hydrogen-bond acceptors (Lipinski definition) is 3. The number of anilines is 1. The van der Waals surface area contributed by atoms with Crippen molar-refractivity contribution in [2.45, 2.75) is 53.0 Å². The molecule has 2 aromatic heterocycles. The number of hydrogen-bond donors (Lipinski definition) is 1. The van der Waals surface area contributed by atoms with Crippen molar-refractivity contribution in [1.82, 2.24) is 14.5 Å². The van der Waals surface area contributed by atoms with Gasteiger partial charge in [0, 0.05) is 18.3 Å². The Morgan fingerprint density at radius 3 is 2.67 bits per heavy atom. The first-order valence-corrected chi connectivity index (χ1v) is 7.74. The first-order valence-electron chi connectivity index (χ1n) is 7.74. The van der Waals surface area contributed by atoms with Crippen LogP contribution >= 0.6 is 0 Å². The van der Waals surface area contributed by atoms with Crippen LogP contribution in [0, 0.1) is 5.41 Å². The molecule has 0 saturated carbocycles. The highest BCUT2D eigenvalue weighted by Gasteiger charge is 2.19. The van der Waals surface area contributed by atoms with Crippen LogP contribution in [0.1, 0.15) is 46.5 Å². The van der Waals surface area contributed by atoms with Crippen LogP contribution in [0.3, 0.4) is 0 Å². The van der Waals surface area contributed by atoms with Crippen LogP contribution in [0.5, 0.6) is 0 Å². The zero-order chi connectivity index (χ0) is 15.3. The normalized spacial score (nSPS) is 11.8. The van der Waals surface area contributed by atoms with E-state index in [9.17, 15) is 0 Å². The zero-order valence-corrected chi connectivity index (χ0v) is 13.3. The van der Waals surface area contributed by atoms with Crippen LogP contribution in [0.15, 0.2) is 30.9 Å². The second-order valence-corrected chi connectivity index (χ2v) is 6.50. The molecule has 0 bridgehead atoms. The van der Waals surface area contributed by atoms with Gasteiger partial charge in [-0.2, -0.15) is 0 Å². The van der Waals surface area contributed by atoms with Crippen molar-refractivity contribution in [3.05, 3.63) is 30.9 Å². The van der Waals surface area contributed by atoms with Crippen molar-refractivity contribution in [2.75, 3.05) is 5.73 Å². The predicted molar refractivity (Wildman–Crippen MR) is 87.8 cm³/mol.